The molecule has 2 rings (SSSR count). The quantitative estimate of drug-likeness (QED) is 0.871. The summed E-state index contributed by atoms with van der Waals surface area (Å²) in [7, 11) is 0. The van der Waals surface area contributed by atoms with E-state index < -0.39 is 5.60 Å². The number of nitrogens with one attached hydrogen (secondary N) is 1. The molecule has 3 N–H and O–H groups in total. The molecule has 0 spiro atoms. The van der Waals surface area contributed by atoms with Crippen molar-refractivity contribution < 1.29 is 9.53 Å². The number of H-pyrrole nitrogens is 1. The molecule has 7 heteroatoms. The molecule has 0 aliphatic carbocycles. The molecule has 2 heterocycles. The Morgan fingerprint density at radius 2 is 2.05 bits per heavy atom. The first-order valence-corrected chi connectivity index (χ1v) is 7.33. The summed E-state index contributed by atoms with van der Waals surface area (Å²) < 4.78 is 5.39. The zero-order valence-corrected chi connectivity index (χ0v) is 13.1. The lowest BCUT2D eigenvalue weighted by molar-refractivity contribution is 0.0146. The summed E-state index contributed by atoms with van der Waals surface area (Å²) in [4.78, 5) is 16.1. The summed E-state index contributed by atoms with van der Waals surface area (Å²) in [5.41, 5.74) is 6.18. The van der Waals surface area contributed by atoms with E-state index in [9.17, 15) is 4.79 Å². The summed E-state index contributed by atoms with van der Waals surface area (Å²) in [6.45, 7) is 9.74. The number of nitrogen functional groups attached to an aromatic ring is 1. The number of piperazine rings is 1. The molecule has 21 heavy (non-hydrogen) atoms. The molecule has 1 aromatic heterocycles. The third kappa shape index (κ3) is 4.93. The van der Waals surface area contributed by atoms with E-state index in [1.165, 1.54) is 0 Å². The number of anilines is 1. The molecule has 1 aliphatic heterocycles. The van der Waals surface area contributed by atoms with E-state index in [1.54, 1.807) is 4.90 Å². The van der Waals surface area contributed by atoms with Gasteiger partial charge < -0.3 is 15.4 Å². The molecule has 0 radical (unpaired) electrons. The van der Waals surface area contributed by atoms with Crippen LogP contribution in [0.15, 0.2) is 6.07 Å². The largest absolute Gasteiger partial charge is 0.444 e. The summed E-state index contributed by atoms with van der Waals surface area (Å²) in [5.74, 6) is 0.528. The Hall–Kier alpha value is -1.76. The van der Waals surface area contributed by atoms with Crippen LogP contribution in [0.25, 0.3) is 0 Å². The number of rotatable bonds is 3. The van der Waals surface area contributed by atoms with Crippen molar-refractivity contribution in [2.24, 2.45) is 0 Å². The molecule has 1 saturated heterocycles. The number of hydrogen-bond donors (Lipinski definition) is 2. The molecule has 1 amide bonds. The molecule has 0 unspecified atom stereocenters. The molecular weight excluding hydrogens is 270 g/mol. The van der Waals surface area contributed by atoms with Crippen LogP contribution in [0.1, 0.15) is 26.5 Å². The van der Waals surface area contributed by atoms with Gasteiger partial charge in [0.2, 0.25) is 0 Å². The van der Waals surface area contributed by atoms with Crippen LogP contribution in [0.2, 0.25) is 0 Å². The zero-order chi connectivity index (χ0) is 15.5. The average Bonchev–Trinajstić information content (AvgIpc) is 2.81. The number of aromatic amines is 1. The first-order valence-electron chi connectivity index (χ1n) is 7.33. The van der Waals surface area contributed by atoms with Crippen LogP contribution >= 0.6 is 0 Å². The van der Waals surface area contributed by atoms with Gasteiger partial charge in [-0.1, -0.05) is 0 Å². The summed E-state index contributed by atoms with van der Waals surface area (Å²) in [6.07, 6.45) is 0.667. The van der Waals surface area contributed by atoms with Crippen LogP contribution in [-0.4, -0.2) is 64.4 Å². The van der Waals surface area contributed by atoms with Crippen LogP contribution < -0.4 is 5.73 Å². The van der Waals surface area contributed by atoms with E-state index in [-0.39, 0.29) is 6.09 Å². The number of carbonyl (C=O) groups is 1. The first-order chi connectivity index (χ1) is 9.83. The van der Waals surface area contributed by atoms with Gasteiger partial charge in [-0.3, -0.25) is 10.00 Å². The molecule has 118 valence electrons. The van der Waals surface area contributed by atoms with Gasteiger partial charge in [0.15, 0.2) is 0 Å². The Bertz CT molecular complexity index is 472. The van der Waals surface area contributed by atoms with Crippen molar-refractivity contribution in [1.82, 2.24) is 20.0 Å². The van der Waals surface area contributed by atoms with Gasteiger partial charge in [-0.25, -0.2) is 4.79 Å². The normalized spacial score (nSPS) is 17.0. The maximum absolute atomic E-state index is 12.0. The van der Waals surface area contributed by atoms with E-state index in [0.717, 1.165) is 31.7 Å². The number of aromatic nitrogens is 2. The van der Waals surface area contributed by atoms with E-state index in [4.69, 9.17) is 10.5 Å². The highest BCUT2D eigenvalue weighted by atomic mass is 16.6. The molecular formula is C14H25N5O2. The number of nitrogens with zero attached hydrogens (tertiary/aromatic N) is 3. The van der Waals surface area contributed by atoms with Gasteiger partial charge >= 0.3 is 6.09 Å². The third-order valence-corrected chi connectivity index (χ3v) is 3.37. The molecule has 1 fully saturated rings. The molecule has 7 nitrogen and oxygen atoms in total. The highest BCUT2D eigenvalue weighted by molar-refractivity contribution is 5.68. The fourth-order valence-corrected chi connectivity index (χ4v) is 2.27. The van der Waals surface area contributed by atoms with E-state index in [2.05, 4.69) is 15.1 Å². The molecule has 1 aromatic rings. The second kappa shape index (κ2) is 6.34. The van der Waals surface area contributed by atoms with Gasteiger partial charge in [-0.05, 0) is 20.8 Å². The third-order valence-electron chi connectivity index (χ3n) is 3.37. The van der Waals surface area contributed by atoms with Crippen molar-refractivity contribution in [3.63, 3.8) is 0 Å². The van der Waals surface area contributed by atoms with Crippen molar-refractivity contribution in [3.8, 4) is 0 Å². The Kier molecular flexibility index (Phi) is 4.72. The van der Waals surface area contributed by atoms with E-state index in [1.807, 2.05) is 26.8 Å². The first kappa shape index (κ1) is 15.6. The standard InChI is InChI=1S/C14H25N5O2/c1-14(2,3)21-13(20)19-8-6-18(7-9-19)5-4-11-10-12(15)17-16-11/h10H,4-9H2,1-3H3,(H3,15,16,17). The van der Waals surface area contributed by atoms with E-state index >= 15 is 0 Å². The smallest absolute Gasteiger partial charge is 0.410 e. The summed E-state index contributed by atoms with van der Waals surface area (Å²) in [6, 6.07) is 1.86. The molecule has 1 aliphatic rings. The fraction of sp³-hybridized carbons (Fsp3) is 0.714. The number of carbonyl (C=O) groups excluding carboxylic acids is 1. The Morgan fingerprint density at radius 1 is 1.38 bits per heavy atom. The number of nitrogens with two attached hydrogens (primary N) is 1. The van der Waals surface area contributed by atoms with Crippen LogP contribution in [-0.2, 0) is 11.2 Å². The summed E-state index contributed by atoms with van der Waals surface area (Å²) in [5, 5.41) is 6.83. The maximum atomic E-state index is 12.0. The molecule has 0 bridgehead atoms. The van der Waals surface area contributed by atoms with Gasteiger partial charge in [0.05, 0.1) is 0 Å². The highest BCUT2D eigenvalue weighted by Gasteiger charge is 2.25. The van der Waals surface area contributed by atoms with Crippen molar-refractivity contribution >= 4 is 11.9 Å². The second-order valence-electron chi connectivity index (χ2n) is 6.38. The van der Waals surface area contributed by atoms with Crippen LogP contribution in [0.3, 0.4) is 0 Å². The van der Waals surface area contributed by atoms with Crippen molar-refractivity contribution in [1.29, 1.82) is 0 Å². The van der Waals surface area contributed by atoms with Crippen molar-refractivity contribution in [2.45, 2.75) is 32.8 Å². The number of hydrogen-bond acceptors (Lipinski definition) is 5. The highest BCUT2D eigenvalue weighted by Crippen LogP contribution is 2.12. The van der Waals surface area contributed by atoms with Gasteiger partial charge in [-0.2, -0.15) is 5.10 Å². The predicted octanol–water partition coefficient (Wildman–Crippen LogP) is 1.09. The van der Waals surface area contributed by atoms with Gasteiger partial charge in [0, 0.05) is 50.9 Å². The average molecular weight is 295 g/mol. The van der Waals surface area contributed by atoms with Gasteiger partial charge in [-0.15, -0.1) is 0 Å². The number of amides is 1. The Labute approximate surface area is 125 Å². The molecule has 0 aromatic carbocycles. The Morgan fingerprint density at radius 3 is 2.57 bits per heavy atom. The van der Waals surface area contributed by atoms with Crippen LogP contribution in [0.5, 0.6) is 0 Å². The van der Waals surface area contributed by atoms with Crippen LogP contribution in [0, 0.1) is 0 Å². The van der Waals surface area contributed by atoms with E-state index in [0.29, 0.717) is 18.9 Å². The predicted molar refractivity (Wildman–Crippen MR) is 81.0 cm³/mol. The topological polar surface area (TPSA) is 87.5 Å². The summed E-state index contributed by atoms with van der Waals surface area (Å²) >= 11 is 0. The minimum Gasteiger partial charge on any atom is -0.444 e. The maximum Gasteiger partial charge on any atom is 0.410 e. The minimum absolute atomic E-state index is 0.219. The number of ether oxygens (including phenoxy) is 1. The monoisotopic (exact) mass is 295 g/mol. The Balaban J connectivity index is 1.72. The lowest BCUT2D eigenvalue weighted by atomic mass is 10.2. The van der Waals surface area contributed by atoms with Gasteiger partial charge in [0.1, 0.15) is 11.4 Å². The van der Waals surface area contributed by atoms with Gasteiger partial charge in [0.25, 0.3) is 0 Å². The zero-order valence-electron chi connectivity index (χ0n) is 13.1. The SMILES string of the molecule is CC(C)(C)OC(=O)N1CCN(CCc2cc(N)n[nH]2)CC1. The van der Waals surface area contributed by atoms with Crippen molar-refractivity contribution in [3.05, 3.63) is 11.8 Å². The lowest BCUT2D eigenvalue weighted by Gasteiger charge is -2.35. The lowest BCUT2D eigenvalue weighted by Crippen LogP contribution is -2.50. The molecule has 0 saturated carbocycles. The second-order valence-corrected chi connectivity index (χ2v) is 6.38. The minimum atomic E-state index is -0.436. The van der Waals surface area contributed by atoms with Crippen molar-refractivity contribution in [2.75, 3.05) is 38.5 Å². The van der Waals surface area contributed by atoms with Crippen LogP contribution in [0.4, 0.5) is 10.6 Å². The molecule has 0 atom stereocenters. The fourth-order valence-electron chi connectivity index (χ4n) is 2.27.